The van der Waals surface area contributed by atoms with Gasteiger partial charge in [-0.05, 0) is 59.7 Å². The number of nitrogens with zero attached hydrogens (tertiary/aromatic N) is 2. The van der Waals surface area contributed by atoms with Crippen LogP contribution < -0.4 is 18.9 Å². The highest BCUT2D eigenvalue weighted by Crippen LogP contribution is 2.31. The van der Waals surface area contributed by atoms with Crippen LogP contribution in [0, 0.1) is 0 Å². The van der Waals surface area contributed by atoms with E-state index in [1.807, 2.05) is 54.6 Å². The number of ether oxygens (including phenoxy) is 5. The van der Waals surface area contributed by atoms with Crippen molar-refractivity contribution in [3.63, 3.8) is 0 Å². The first-order valence-electron chi connectivity index (χ1n) is 11.2. The zero-order chi connectivity index (χ0) is 25.3. The Morgan fingerprint density at radius 2 is 1.44 bits per heavy atom. The summed E-state index contributed by atoms with van der Waals surface area (Å²) in [5.41, 5.74) is 2.59. The Hall–Kier alpha value is -4.59. The number of cyclic esters (lactones) is 1. The average Bonchev–Trinajstić information content (AvgIpc) is 3.28. The summed E-state index contributed by atoms with van der Waals surface area (Å²) in [4.78, 5) is 20.6. The molecule has 0 aromatic heterocycles. The molecule has 0 amide bonds. The van der Waals surface area contributed by atoms with Crippen molar-refractivity contribution in [2.45, 2.75) is 0 Å². The Morgan fingerprint density at radius 1 is 0.833 bits per heavy atom. The van der Waals surface area contributed by atoms with Crippen LogP contribution >= 0.6 is 0 Å². The van der Waals surface area contributed by atoms with Gasteiger partial charge in [-0.3, -0.25) is 4.99 Å². The number of esters is 1. The average molecular weight is 487 g/mol. The molecule has 0 radical (unpaired) electrons. The van der Waals surface area contributed by atoms with Crippen molar-refractivity contribution in [3.8, 4) is 23.0 Å². The summed E-state index contributed by atoms with van der Waals surface area (Å²) in [5.74, 6) is 2.07. The summed E-state index contributed by atoms with van der Waals surface area (Å²) < 4.78 is 27.9. The van der Waals surface area contributed by atoms with E-state index in [9.17, 15) is 4.79 Å². The van der Waals surface area contributed by atoms with Crippen molar-refractivity contribution in [3.05, 3.63) is 89.1 Å². The minimum Gasteiger partial charge on any atom is -0.493 e. The molecule has 1 aliphatic rings. The molecule has 8 heteroatoms. The standard InChI is InChI=1S/C28H26N2O6/c1-29-18-20-10-12-24(26(17-20)33-3)35-14-13-34-23-11-9-19(16-25(23)32-2)15-22-28(31)36-27(30-22)21-7-5-4-6-8-21/h4-12,15-18H,13-14H2,1-3H3. The third-order valence-electron chi connectivity index (χ3n) is 5.20. The van der Waals surface area contributed by atoms with Crippen LogP contribution in [-0.2, 0) is 9.53 Å². The number of aliphatic imine (C=N–C) groups is 2. The molecule has 1 heterocycles. The monoisotopic (exact) mass is 486 g/mol. The normalized spacial score (nSPS) is 14.0. The lowest BCUT2D eigenvalue weighted by Gasteiger charge is -2.13. The molecule has 0 saturated carbocycles. The molecule has 0 fully saturated rings. The van der Waals surface area contributed by atoms with Crippen LogP contribution in [0.3, 0.4) is 0 Å². The molecule has 0 spiro atoms. The highest BCUT2D eigenvalue weighted by Gasteiger charge is 2.24. The molecule has 36 heavy (non-hydrogen) atoms. The highest BCUT2D eigenvalue weighted by atomic mass is 16.6. The number of hydrogen-bond acceptors (Lipinski definition) is 8. The number of carbonyl (C=O) groups is 1. The van der Waals surface area contributed by atoms with Crippen molar-refractivity contribution >= 4 is 24.2 Å². The van der Waals surface area contributed by atoms with Crippen LogP contribution in [0.2, 0.25) is 0 Å². The van der Waals surface area contributed by atoms with E-state index < -0.39 is 5.97 Å². The summed E-state index contributed by atoms with van der Waals surface area (Å²) in [6.45, 7) is 0.588. The highest BCUT2D eigenvalue weighted by molar-refractivity contribution is 6.12. The van der Waals surface area contributed by atoms with Gasteiger partial charge in [-0.25, -0.2) is 9.79 Å². The molecule has 8 nitrogen and oxygen atoms in total. The van der Waals surface area contributed by atoms with Crippen LogP contribution in [-0.4, -0.2) is 52.6 Å². The number of carbonyl (C=O) groups excluding carboxylic acids is 1. The maximum absolute atomic E-state index is 12.3. The smallest absolute Gasteiger partial charge is 0.363 e. The van der Waals surface area contributed by atoms with Gasteiger partial charge in [-0.15, -0.1) is 0 Å². The van der Waals surface area contributed by atoms with Crippen LogP contribution in [0.25, 0.3) is 6.08 Å². The van der Waals surface area contributed by atoms with Gasteiger partial charge in [0.2, 0.25) is 5.90 Å². The second-order valence-electron chi connectivity index (χ2n) is 7.61. The summed E-state index contributed by atoms with van der Waals surface area (Å²) in [6.07, 6.45) is 3.39. The van der Waals surface area contributed by atoms with E-state index in [1.165, 1.54) is 0 Å². The molecule has 184 valence electrons. The Balaban J connectivity index is 1.39. The summed E-state index contributed by atoms with van der Waals surface area (Å²) >= 11 is 0. The fraction of sp³-hybridized carbons (Fsp3) is 0.179. The summed E-state index contributed by atoms with van der Waals surface area (Å²) in [6, 6.07) is 20.2. The molecular weight excluding hydrogens is 460 g/mol. The molecule has 0 atom stereocenters. The van der Waals surface area contributed by atoms with Crippen LogP contribution in [0.1, 0.15) is 16.7 Å². The van der Waals surface area contributed by atoms with Gasteiger partial charge in [0, 0.05) is 18.8 Å². The van der Waals surface area contributed by atoms with Gasteiger partial charge in [0.25, 0.3) is 0 Å². The molecule has 0 unspecified atom stereocenters. The Bertz CT molecular complexity index is 1310. The Labute approximate surface area is 209 Å². The van der Waals surface area contributed by atoms with Gasteiger partial charge in [-0.2, -0.15) is 0 Å². The Kier molecular flexibility index (Phi) is 7.97. The zero-order valence-electron chi connectivity index (χ0n) is 20.3. The largest absolute Gasteiger partial charge is 0.493 e. The van der Waals surface area contributed by atoms with Crippen molar-refractivity contribution in [2.75, 3.05) is 34.5 Å². The fourth-order valence-electron chi connectivity index (χ4n) is 3.50. The lowest BCUT2D eigenvalue weighted by molar-refractivity contribution is -0.129. The molecule has 0 saturated heterocycles. The van der Waals surface area contributed by atoms with E-state index in [-0.39, 0.29) is 18.2 Å². The molecule has 0 aliphatic carbocycles. The quantitative estimate of drug-likeness (QED) is 0.181. The van der Waals surface area contributed by atoms with E-state index in [2.05, 4.69) is 9.98 Å². The maximum atomic E-state index is 12.3. The first-order chi connectivity index (χ1) is 17.6. The molecule has 0 bridgehead atoms. The third kappa shape index (κ3) is 5.90. The minimum absolute atomic E-state index is 0.211. The molecule has 4 rings (SSSR count). The van der Waals surface area contributed by atoms with E-state index in [1.54, 1.807) is 45.7 Å². The first kappa shape index (κ1) is 24.5. The van der Waals surface area contributed by atoms with Crippen LogP contribution in [0.4, 0.5) is 0 Å². The lowest BCUT2D eigenvalue weighted by atomic mass is 10.1. The SMILES string of the molecule is CN=Cc1ccc(OCCOc2ccc(C=C3N=C(c4ccccc4)OC3=O)cc2OC)c(OC)c1. The first-order valence-corrected chi connectivity index (χ1v) is 11.2. The van der Waals surface area contributed by atoms with Crippen molar-refractivity contribution in [2.24, 2.45) is 9.98 Å². The van der Waals surface area contributed by atoms with Crippen LogP contribution in [0.5, 0.6) is 23.0 Å². The van der Waals surface area contributed by atoms with Gasteiger partial charge in [0.05, 0.1) is 14.2 Å². The number of benzene rings is 3. The molecule has 3 aromatic rings. The van der Waals surface area contributed by atoms with Gasteiger partial charge in [-0.1, -0.05) is 24.3 Å². The summed E-state index contributed by atoms with van der Waals surface area (Å²) in [7, 11) is 4.85. The second kappa shape index (κ2) is 11.7. The van der Waals surface area contributed by atoms with E-state index in [4.69, 9.17) is 23.7 Å². The van der Waals surface area contributed by atoms with E-state index in [0.717, 1.165) is 16.7 Å². The fourth-order valence-corrected chi connectivity index (χ4v) is 3.50. The lowest BCUT2D eigenvalue weighted by Crippen LogP contribution is -2.10. The predicted octanol–water partition coefficient (Wildman–Crippen LogP) is 4.55. The molecule has 1 aliphatic heterocycles. The van der Waals surface area contributed by atoms with Crippen LogP contribution in [0.15, 0.2) is 82.4 Å². The van der Waals surface area contributed by atoms with E-state index in [0.29, 0.717) is 29.6 Å². The number of methoxy groups -OCH3 is 2. The topological polar surface area (TPSA) is 87.9 Å². The molecular formula is C28H26N2O6. The second-order valence-corrected chi connectivity index (χ2v) is 7.61. The van der Waals surface area contributed by atoms with Gasteiger partial charge < -0.3 is 23.7 Å². The van der Waals surface area contributed by atoms with Gasteiger partial charge in [0.15, 0.2) is 28.7 Å². The predicted molar refractivity (Wildman–Crippen MR) is 138 cm³/mol. The van der Waals surface area contributed by atoms with Crippen molar-refractivity contribution in [1.29, 1.82) is 0 Å². The van der Waals surface area contributed by atoms with Gasteiger partial charge in [0.1, 0.15) is 13.2 Å². The number of rotatable bonds is 10. The minimum atomic E-state index is -0.504. The van der Waals surface area contributed by atoms with Gasteiger partial charge >= 0.3 is 5.97 Å². The molecule has 3 aromatic carbocycles. The third-order valence-corrected chi connectivity index (χ3v) is 5.20. The number of hydrogen-bond donors (Lipinski definition) is 0. The van der Waals surface area contributed by atoms with E-state index >= 15 is 0 Å². The van der Waals surface area contributed by atoms with Crippen molar-refractivity contribution in [1.82, 2.24) is 0 Å². The maximum Gasteiger partial charge on any atom is 0.363 e. The molecule has 0 N–H and O–H groups in total. The summed E-state index contributed by atoms with van der Waals surface area (Å²) in [5, 5.41) is 0. The zero-order valence-corrected chi connectivity index (χ0v) is 20.3. The Morgan fingerprint density at radius 3 is 2.06 bits per heavy atom. The van der Waals surface area contributed by atoms with Crippen molar-refractivity contribution < 1.29 is 28.5 Å².